The van der Waals surface area contributed by atoms with Gasteiger partial charge in [-0.2, -0.15) is 0 Å². The van der Waals surface area contributed by atoms with Gasteiger partial charge < -0.3 is 9.84 Å². The van der Waals surface area contributed by atoms with Gasteiger partial charge in [-0.1, -0.05) is 12.1 Å². The Bertz CT molecular complexity index is 1020. The van der Waals surface area contributed by atoms with Gasteiger partial charge in [0.2, 0.25) is 0 Å². The Morgan fingerprint density at radius 1 is 1.17 bits per heavy atom. The van der Waals surface area contributed by atoms with Crippen LogP contribution < -0.4 is 5.56 Å². The highest BCUT2D eigenvalue weighted by Crippen LogP contribution is 2.16. The number of para-hydroxylation sites is 1. The number of rotatable bonds is 3. The highest BCUT2D eigenvalue weighted by Gasteiger charge is 2.15. The Kier molecular flexibility index (Phi) is 3.83. The predicted molar refractivity (Wildman–Crippen MR) is 85.6 cm³/mol. The molecule has 3 rings (SSSR count). The van der Waals surface area contributed by atoms with Crippen molar-refractivity contribution in [2.45, 2.75) is 0 Å². The molecule has 0 radical (unpaired) electrons. The fraction of sp³-hybridized carbons (Fsp3) is 0.0588. The van der Waals surface area contributed by atoms with Crippen LogP contribution in [0, 0.1) is 0 Å². The quantitative estimate of drug-likeness (QED) is 0.739. The number of fused-ring (bicyclic) bond motifs is 1. The van der Waals surface area contributed by atoms with Crippen LogP contribution in [0.1, 0.15) is 20.7 Å². The molecule has 2 aromatic carbocycles. The maximum atomic E-state index is 12.7. The molecule has 0 unspecified atom stereocenters. The first kappa shape index (κ1) is 15.4. The number of carbonyl (C=O) groups is 2. The maximum Gasteiger partial charge on any atom is 0.339 e. The summed E-state index contributed by atoms with van der Waals surface area (Å²) in [6, 6.07) is 10.6. The van der Waals surface area contributed by atoms with Gasteiger partial charge in [-0.05, 0) is 30.3 Å². The van der Waals surface area contributed by atoms with E-state index in [9.17, 15) is 14.4 Å². The Labute approximate surface area is 135 Å². The molecular formula is C17H12N2O5. The smallest absolute Gasteiger partial charge is 0.339 e. The number of aromatic nitrogens is 2. The van der Waals surface area contributed by atoms with Crippen LogP contribution in [-0.4, -0.2) is 33.7 Å². The maximum absolute atomic E-state index is 12.7. The van der Waals surface area contributed by atoms with Gasteiger partial charge in [0.25, 0.3) is 5.56 Å². The number of methoxy groups -OCH3 is 1. The first-order valence-corrected chi connectivity index (χ1v) is 6.95. The van der Waals surface area contributed by atoms with Crippen LogP contribution in [0.3, 0.4) is 0 Å². The Morgan fingerprint density at radius 2 is 1.92 bits per heavy atom. The molecule has 1 N–H and O–H groups in total. The third-order valence-electron chi connectivity index (χ3n) is 3.58. The van der Waals surface area contributed by atoms with Gasteiger partial charge in [0.1, 0.15) is 6.33 Å². The van der Waals surface area contributed by atoms with Crippen molar-refractivity contribution in [2.24, 2.45) is 0 Å². The third-order valence-corrected chi connectivity index (χ3v) is 3.58. The second-order valence-corrected chi connectivity index (χ2v) is 4.97. The molecule has 0 saturated carbocycles. The predicted octanol–water partition coefficient (Wildman–Crippen LogP) is 1.87. The number of carboxylic acids is 1. The first-order valence-electron chi connectivity index (χ1n) is 6.95. The third kappa shape index (κ3) is 2.52. The number of hydrogen-bond donors (Lipinski definition) is 1. The lowest BCUT2D eigenvalue weighted by Gasteiger charge is -2.10. The van der Waals surface area contributed by atoms with Crippen molar-refractivity contribution in [2.75, 3.05) is 7.11 Å². The molecule has 0 fully saturated rings. The van der Waals surface area contributed by atoms with E-state index in [1.165, 1.54) is 36.2 Å². The molecule has 0 aliphatic rings. The molecule has 0 saturated heterocycles. The zero-order chi connectivity index (χ0) is 17.3. The van der Waals surface area contributed by atoms with E-state index in [2.05, 4.69) is 4.98 Å². The molecule has 24 heavy (non-hydrogen) atoms. The average Bonchev–Trinajstić information content (AvgIpc) is 2.61. The minimum Gasteiger partial charge on any atom is -0.478 e. The van der Waals surface area contributed by atoms with Crippen molar-refractivity contribution in [1.82, 2.24) is 9.55 Å². The van der Waals surface area contributed by atoms with Gasteiger partial charge in [0.05, 0.1) is 34.8 Å². The van der Waals surface area contributed by atoms with E-state index in [0.29, 0.717) is 5.69 Å². The molecular weight excluding hydrogens is 312 g/mol. The summed E-state index contributed by atoms with van der Waals surface area (Å²) in [7, 11) is 1.26. The van der Waals surface area contributed by atoms with Crippen molar-refractivity contribution >= 4 is 22.8 Å². The highest BCUT2D eigenvalue weighted by atomic mass is 16.5. The molecule has 120 valence electrons. The normalized spacial score (nSPS) is 10.5. The zero-order valence-electron chi connectivity index (χ0n) is 12.6. The molecule has 0 spiro atoms. The number of hydrogen-bond acceptors (Lipinski definition) is 5. The number of nitrogens with zero attached hydrogens (tertiary/aromatic N) is 2. The Hall–Kier alpha value is -3.48. The van der Waals surface area contributed by atoms with E-state index in [-0.39, 0.29) is 22.0 Å². The summed E-state index contributed by atoms with van der Waals surface area (Å²) in [6.07, 6.45) is 1.26. The molecule has 0 aliphatic carbocycles. The number of ether oxygens (including phenoxy) is 1. The number of aromatic carboxylic acids is 1. The van der Waals surface area contributed by atoms with Crippen LogP contribution >= 0.6 is 0 Å². The number of esters is 1. The lowest BCUT2D eigenvalue weighted by Crippen LogP contribution is -2.21. The minimum absolute atomic E-state index is 0.0436. The molecule has 0 aliphatic heterocycles. The zero-order valence-corrected chi connectivity index (χ0v) is 12.6. The van der Waals surface area contributed by atoms with E-state index in [1.807, 2.05) is 0 Å². The molecule has 7 nitrogen and oxygen atoms in total. The Morgan fingerprint density at radius 3 is 2.62 bits per heavy atom. The SMILES string of the molecule is COC(=O)c1ccccc1-n1cnc2cc(C(=O)O)ccc2c1=O. The van der Waals surface area contributed by atoms with Crippen LogP contribution in [0.2, 0.25) is 0 Å². The fourth-order valence-corrected chi connectivity index (χ4v) is 2.39. The van der Waals surface area contributed by atoms with E-state index in [4.69, 9.17) is 9.84 Å². The number of benzene rings is 2. The van der Waals surface area contributed by atoms with Crippen LogP contribution in [0.15, 0.2) is 53.6 Å². The van der Waals surface area contributed by atoms with Crippen molar-refractivity contribution in [1.29, 1.82) is 0 Å². The van der Waals surface area contributed by atoms with Crippen molar-refractivity contribution in [3.8, 4) is 5.69 Å². The summed E-state index contributed by atoms with van der Waals surface area (Å²) in [5, 5.41) is 9.26. The average molecular weight is 324 g/mol. The van der Waals surface area contributed by atoms with Crippen molar-refractivity contribution < 1.29 is 19.4 Å². The van der Waals surface area contributed by atoms with E-state index >= 15 is 0 Å². The molecule has 0 atom stereocenters. The summed E-state index contributed by atoms with van der Waals surface area (Å²) in [5.74, 6) is -1.67. The second kappa shape index (κ2) is 5.96. The van der Waals surface area contributed by atoms with Gasteiger partial charge in [-0.15, -0.1) is 0 Å². The van der Waals surface area contributed by atoms with Gasteiger partial charge in [-0.3, -0.25) is 9.36 Å². The molecule has 3 aromatic rings. The van der Waals surface area contributed by atoms with Crippen LogP contribution in [0.5, 0.6) is 0 Å². The highest BCUT2D eigenvalue weighted by molar-refractivity contribution is 5.94. The summed E-state index contributed by atoms with van der Waals surface area (Å²) >= 11 is 0. The molecule has 0 amide bonds. The van der Waals surface area contributed by atoms with E-state index in [0.717, 1.165) is 0 Å². The lowest BCUT2D eigenvalue weighted by atomic mass is 10.1. The van der Waals surface area contributed by atoms with Crippen molar-refractivity contribution in [3.63, 3.8) is 0 Å². The van der Waals surface area contributed by atoms with E-state index < -0.39 is 17.5 Å². The van der Waals surface area contributed by atoms with Gasteiger partial charge in [0, 0.05) is 0 Å². The van der Waals surface area contributed by atoms with Crippen molar-refractivity contribution in [3.05, 3.63) is 70.3 Å². The topological polar surface area (TPSA) is 98.5 Å². The monoisotopic (exact) mass is 324 g/mol. The molecule has 7 heteroatoms. The largest absolute Gasteiger partial charge is 0.478 e. The summed E-state index contributed by atoms with van der Waals surface area (Å²) in [5.41, 5.74) is 0.471. The van der Waals surface area contributed by atoms with Crippen LogP contribution in [0.25, 0.3) is 16.6 Å². The second-order valence-electron chi connectivity index (χ2n) is 4.97. The standard InChI is InChI=1S/C17H12N2O5/c1-24-17(23)12-4-2-3-5-14(12)19-9-18-13-8-10(16(21)22)6-7-11(13)15(19)20/h2-9H,1H3,(H,21,22). The summed E-state index contributed by atoms with van der Waals surface area (Å²) in [6.45, 7) is 0. The summed E-state index contributed by atoms with van der Waals surface area (Å²) in [4.78, 5) is 39.7. The van der Waals surface area contributed by atoms with Crippen LogP contribution in [0.4, 0.5) is 0 Å². The molecule has 0 bridgehead atoms. The minimum atomic E-state index is -1.10. The number of carboxylic acid groups (broad SMARTS) is 1. The molecule has 1 aromatic heterocycles. The molecule has 1 heterocycles. The lowest BCUT2D eigenvalue weighted by molar-refractivity contribution is 0.0599. The van der Waals surface area contributed by atoms with Gasteiger partial charge in [-0.25, -0.2) is 14.6 Å². The van der Waals surface area contributed by atoms with Gasteiger partial charge >= 0.3 is 11.9 Å². The number of carbonyl (C=O) groups excluding carboxylic acids is 1. The Balaban J connectivity index is 2.24. The van der Waals surface area contributed by atoms with Gasteiger partial charge in [0.15, 0.2) is 0 Å². The van der Waals surface area contributed by atoms with E-state index in [1.54, 1.807) is 24.3 Å². The van der Waals surface area contributed by atoms with Crippen LogP contribution in [-0.2, 0) is 4.74 Å². The summed E-state index contributed by atoms with van der Waals surface area (Å²) < 4.78 is 5.96. The first-order chi connectivity index (χ1) is 11.5. The fourth-order valence-electron chi connectivity index (χ4n) is 2.39.